The molecule has 0 aliphatic heterocycles. The molecule has 0 atom stereocenters. The van der Waals surface area contributed by atoms with Crippen molar-refractivity contribution in [3.05, 3.63) is 84.2 Å². The average molecular weight is 477 g/mol. The molecular weight excluding hydrogens is 444 g/mol. The van der Waals surface area contributed by atoms with E-state index in [1.165, 1.54) is 10.6 Å². The van der Waals surface area contributed by atoms with E-state index in [0.29, 0.717) is 35.4 Å². The number of methoxy groups -OCH3 is 1. The van der Waals surface area contributed by atoms with Crippen LogP contribution in [0.25, 0.3) is 17.1 Å². The summed E-state index contributed by atoms with van der Waals surface area (Å²) in [7, 11) is 1.55. The van der Waals surface area contributed by atoms with E-state index in [0.717, 1.165) is 5.57 Å². The number of aromatic hydroxyl groups is 2. The number of hydrogen-bond donors (Lipinski definition) is 3. The molecule has 184 valence electrons. The molecule has 0 fully saturated rings. The second kappa shape index (κ2) is 12.8. The number of rotatable bonds is 9. The molecule has 35 heavy (non-hydrogen) atoms. The summed E-state index contributed by atoms with van der Waals surface area (Å²) in [5, 5.41) is 29.1. The van der Waals surface area contributed by atoms with Gasteiger partial charge in [-0.1, -0.05) is 50.3 Å². The van der Waals surface area contributed by atoms with Crippen LogP contribution in [0.2, 0.25) is 0 Å². The standard InChI is InChI=1S/C25H26N4O4.C2H6/c1-4-6-7-16(5-2)8-9-17-14-20(22(31)15-21(17)30)24-27-28-25(23(26)32)29(24)18-10-12-19(33-3)13-11-18;1-2/h4-7,10-15,30-31H,1,8-9H2,2-3H3,(H2,26,32);1-2H3/b7-6-,16-5+;. The number of aromatic nitrogens is 3. The first-order valence-corrected chi connectivity index (χ1v) is 11.3. The molecule has 8 nitrogen and oxygen atoms in total. The highest BCUT2D eigenvalue weighted by molar-refractivity contribution is 5.90. The molecule has 2 aromatic carbocycles. The van der Waals surface area contributed by atoms with Crippen molar-refractivity contribution < 1.29 is 19.7 Å². The topological polar surface area (TPSA) is 123 Å². The number of carbonyl (C=O) groups excluding carboxylic acids is 1. The van der Waals surface area contributed by atoms with E-state index < -0.39 is 5.91 Å². The predicted molar refractivity (Wildman–Crippen MR) is 138 cm³/mol. The number of ether oxygens (including phenoxy) is 1. The zero-order chi connectivity index (χ0) is 26.0. The lowest BCUT2D eigenvalue weighted by atomic mass is 10.00. The second-order valence-corrected chi connectivity index (χ2v) is 7.20. The Morgan fingerprint density at radius 1 is 1.14 bits per heavy atom. The van der Waals surface area contributed by atoms with Crippen molar-refractivity contribution in [3.8, 4) is 34.3 Å². The van der Waals surface area contributed by atoms with Crippen LogP contribution in [0.15, 0.2) is 72.9 Å². The van der Waals surface area contributed by atoms with Crippen LogP contribution in [0, 0.1) is 0 Å². The fourth-order valence-corrected chi connectivity index (χ4v) is 3.39. The molecule has 0 unspecified atom stereocenters. The summed E-state index contributed by atoms with van der Waals surface area (Å²) in [6.45, 7) is 9.61. The van der Waals surface area contributed by atoms with E-state index >= 15 is 0 Å². The van der Waals surface area contributed by atoms with E-state index in [1.807, 2.05) is 39.0 Å². The minimum atomic E-state index is -0.769. The molecule has 0 spiro atoms. The van der Waals surface area contributed by atoms with Crippen molar-refractivity contribution in [3.63, 3.8) is 0 Å². The third-order valence-electron chi connectivity index (χ3n) is 5.15. The summed E-state index contributed by atoms with van der Waals surface area (Å²) in [5.74, 6) is -0.249. The molecule has 0 bridgehead atoms. The summed E-state index contributed by atoms with van der Waals surface area (Å²) in [5.41, 5.74) is 8.07. The van der Waals surface area contributed by atoms with Crippen LogP contribution in [0.3, 0.4) is 0 Å². The number of amides is 1. The maximum Gasteiger partial charge on any atom is 0.287 e. The van der Waals surface area contributed by atoms with Gasteiger partial charge in [-0.2, -0.15) is 0 Å². The van der Waals surface area contributed by atoms with Crippen LogP contribution in [-0.2, 0) is 6.42 Å². The SMILES string of the molecule is C=C/C=C\C(=C/C)CCc1cc(-c2nnc(C(N)=O)n2-c2ccc(OC)cc2)c(O)cc1O.CC. The third kappa shape index (κ3) is 6.38. The number of benzene rings is 2. The smallest absolute Gasteiger partial charge is 0.287 e. The Hall–Kier alpha value is -4.33. The quantitative estimate of drug-likeness (QED) is 0.369. The zero-order valence-electron chi connectivity index (χ0n) is 20.5. The molecular formula is C27H32N4O4. The maximum absolute atomic E-state index is 12.0. The van der Waals surface area contributed by atoms with E-state index in [2.05, 4.69) is 16.8 Å². The molecule has 0 aliphatic carbocycles. The van der Waals surface area contributed by atoms with Crippen molar-refractivity contribution in [2.24, 2.45) is 5.73 Å². The van der Waals surface area contributed by atoms with Crippen molar-refractivity contribution in [2.45, 2.75) is 33.6 Å². The first-order chi connectivity index (χ1) is 16.9. The van der Waals surface area contributed by atoms with Crippen LogP contribution in [-0.4, -0.2) is 38.0 Å². The summed E-state index contributed by atoms with van der Waals surface area (Å²) >= 11 is 0. The molecule has 1 heterocycles. The summed E-state index contributed by atoms with van der Waals surface area (Å²) < 4.78 is 6.65. The highest BCUT2D eigenvalue weighted by atomic mass is 16.5. The van der Waals surface area contributed by atoms with E-state index in [9.17, 15) is 15.0 Å². The van der Waals surface area contributed by atoms with Gasteiger partial charge in [0.15, 0.2) is 5.82 Å². The van der Waals surface area contributed by atoms with Gasteiger partial charge >= 0.3 is 0 Å². The number of allylic oxidation sites excluding steroid dienone is 5. The van der Waals surface area contributed by atoms with Gasteiger partial charge in [0.25, 0.3) is 5.91 Å². The fourth-order valence-electron chi connectivity index (χ4n) is 3.39. The molecule has 4 N–H and O–H groups in total. The maximum atomic E-state index is 12.0. The van der Waals surface area contributed by atoms with Gasteiger partial charge < -0.3 is 20.7 Å². The van der Waals surface area contributed by atoms with Gasteiger partial charge in [-0.05, 0) is 55.7 Å². The monoisotopic (exact) mass is 476 g/mol. The Balaban J connectivity index is 0.00000210. The Morgan fingerprint density at radius 3 is 2.40 bits per heavy atom. The Kier molecular flexibility index (Phi) is 9.84. The van der Waals surface area contributed by atoms with Crippen LogP contribution < -0.4 is 10.5 Å². The number of nitrogens with zero attached hydrogens (tertiary/aromatic N) is 3. The molecule has 8 heteroatoms. The molecule has 3 rings (SSSR count). The van der Waals surface area contributed by atoms with Crippen LogP contribution >= 0.6 is 0 Å². The van der Waals surface area contributed by atoms with E-state index in [1.54, 1.807) is 43.5 Å². The zero-order valence-corrected chi connectivity index (χ0v) is 20.5. The van der Waals surface area contributed by atoms with Crippen LogP contribution in [0.5, 0.6) is 17.2 Å². The number of aryl methyl sites for hydroxylation is 1. The summed E-state index contributed by atoms with van der Waals surface area (Å²) in [6, 6.07) is 9.80. The van der Waals surface area contributed by atoms with Gasteiger partial charge in [-0.25, -0.2) is 0 Å². The molecule has 3 aromatic rings. The normalized spacial score (nSPS) is 11.1. The van der Waals surface area contributed by atoms with Gasteiger partial charge in [-0.3, -0.25) is 9.36 Å². The highest BCUT2D eigenvalue weighted by Crippen LogP contribution is 2.36. The lowest BCUT2D eigenvalue weighted by molar-refractivity contribution is 0.0988. The second-order valence-electron chi connectivity index (χ2n) is 7.20. The minimum Gasteiger partial charge on any atom is -0.508 e. The van der Waals surface area contributed by atoms with Gasteiger partial charge in [0.1, 0.15) is 17.2 Å². The van der Waals surface area contributed by atoms with Gasteiger partial charge in [0, 0.05) is 11.8 Å². The van der Waals surface area contributed by atoms with Crippen LogP contribution in [0.1, 0.15) is 43.4 Å². The first kappa shape index (κ1) is 26.9. The number of nitrogens with two attached hydrogens (primary N) is 1. The van der Waals surface area contributed by atoms with Gasteiger partial charge in [0.05, 0.1) is 12.7 Å². The van der Waals surface area contributed by atoms with E-state index in [-0.39, 0.29) is 23.1 Å². The number of carbonyl (C=O) groups is 1. The number of primary amides is 1. The van der Waals surface area contributed by atoms with E-state index in [4.69, 9.17) is 10.5 Å². The molecule has 1 aromatic heterocycles. The van der Waals surface area contributed by atoms with Crippen molar-refractivity contribution in [2.75, 3.05) is 7.11 Å². The fraction of sp³-hybridized carbons (Fsp3) is 0.222. The number of hydrogen-bond acceptors (Lipinski definition) is 6. The number of phenolic OH excluding ortho intramolecular Hbond substituents is 2. The van der Waals surface area contributed by atoms with Gasteiger partial charge in [-0.15, -0.1) is 10.2 Å². The molecule has 0 saturated heterocycles. The lowest BCUT2D eigenvalue weighted by Crippen LogP contribution is -2.17. The Labute approximate surface area is 205 Å². The molecule has 0 radical (unpaired) electrons. The summed E-state index contributed by atoms with van der Waals surface area (Å²) in [4.78, 5) is 12.0. The number of phenols is 2. The highest BCUT2D eigenvalue weighted by Gasteiger charge is 2.22. The van der Waals surface area contributed by atoms with Crippen molar-refractivity contribution in [1.82, 2.24) is 14.8 Å². The van der Waals surface area contributed by atoms with Gasteiger partial charge in [0.2, 0.25) is 5.82 Å². The minimum absolute atomic E-state index is 0.0370. The molecule has 0 aliphatic rings. The Bertz CT molecular complexity index is 1220. The summed E-state index contributed by atoms with van der Waals surface area (Å²) in [6.07, 6.45) is 8.65. The predicted octanol–water partition coefficient (Wildman–Crippen LogP) is 5.10. The molecule has 1 amide bonds. The Morgan fingerprint density at radius 2 is 1.83 bits per heavy atom. The average Bonchev–Trinajstić information content (AvgIpc) is 3.31. The van der Waals surface area contributed by atoms with Crippen LogP contribution in [0.4, 0.5) is 0 Å². The lowest BCUT2D eigenvalue weighted by Gasteiger charge is -2.13. The first-order valence-electron chi connectivity index (χ1n) is 11.3. The van der Waals surface area contributed by atoms with Crippen molar-refractivity contribution in [1.29, 1.82) is 0 Å². The third-order valence-corrected chi connectivity index (χ3v) is 5.15. The van der Waals surface area contributed by atoms with Crippen molar-refractivity contribution >= 4 is 5.91 Å². The molecule has 0 saturated carbocycles. The largest absolute Gasteiger partial charge is 0.508 e.